The van der Waals surface area contributed by atoms with Crippen molar-refractivity contribution < 1.29 is 22.7 Å². The van der Waals surface area contributed by atoms with Crippen LogP contribution in [0.2, 0.25) is 5.02 Å². The van der Waals surface area contributed by atoms with Gasteiger partial charge in [-0.1, -0.05) is 11.6 Å². The maximum absolute atomic E-state index is 13.1. The summed E-state index contributed by atoms with van der Waals surface area (Å²) in [6.07, 6.45) is 0. The molecular weight excluding hydrogens is 452 g/mol. The summed E-state index contributed by atoms with van der Waals surface area (Å²) in [5.74, 6) is -0.0686. The Bertz CT molecular complexity index is 1260. The molecule has 1 N–H and O–H groups in total. The first kappa shape index (κ1) is 23.3. The first-order chi connectivity index (χ1) is 15.1. The molecule has 0 aliphatic heterocycles. The lowest BCUT2D eigenvalue weighted by molar-refractivity contribution is 0.101. The fraction of sp³-hybridized carbons (Fsp3) is 0.130. The number of ketones is 1. The van der Waals surface area contributed by atoms with Gasteiger partial charge in [0.25, 0.3) is 15.9 Å². The molecule has 166 valence electrons. The van der Waals surface area contributed by atoms with Crippen molar-refractivity contribution in [3.05, 3.63) is 82.9 Å². The first-order valence-electron chi connectivity index (χ1n) is 9.48. The van der Waals surface area contributed by atoms with Gasteiger partial charge in [0.15, 0.2) is 5.78 Å². The number of nitrogens with one attached hydrogen (secondary N) is 1. The van der Waals surface area contributed by atoms with Gasteiger partial charge in [0, 0.05) is 18.3 Å². The maximum atomic E-state index is 13.1. The second kappa shape index (κ2) is 9.42. The lowest BCUT2D eigenvalue weighted by Gasteiger charge is -2.20. The summed E-state index contributed by atoms with van der Waals surface area (Å²) in [5.41, 5.74) is 1.39. The summed E-state index contributed by atoms with van der Waals surface area (Å²) in [6, 6.07) is 16.8. The Labute approximate surface area is 191 Å². The van der Waals surface area contributed by atoms with Gasteiger partial charge in [-0.2, -0.15) is 0 Å². The molecule has 0 radical (unpaired) electrons. The van der Waals surface area contributed by atoms with Crippen molar-refractivity contribution >= 4 is 44.7 Å². The van der Waals surface area contributed by atoms with E-state index in [-0.39, 0.29) is 21.3 Å². The molecule has 32 heavy (non-hydrogen) atoms. The van der Waals surface area contributed by atoms with Gasteiger partial charge < -0.3 is 10.1 Å². The Morgan fingerprint density at radius 3 is 2.16 bits per heavy atom. The summed E-state index contributed by atoms with van der Waals surface area (Å²) in [6.45, 7) is 1.45. The standard InChI is InChI=1S/C23H21ClN2O5S/c1-15(27)16-4-6-17(7-5-16)25-23(28)21-14-20(12-13-22(21)24)32(29,30)26(2)18-8-10-19(31-3)11-9-18/h4-14H,1-3H3,(H,25,28). The summed E-state index contributed by atoms with van der Waals surface area (Å²) in [4.78, 5) is 24.1. The van der Waals surface area contributed by atoms with E-state index in [1.165, 1.54) is 39.3 Å². The summed E-state index contributed by atoms with van der Waals surface area (Å²) in [7, 11) is -1.02. The maximum Gasteiger partial charge on any atom is 0.264 e. The van der Waals surface area contributed by atoms with Gasteiger partial charge >= 0.3 is 0 Å². The van der Waals surface area contributed by atoms with E-state index in [1.807, 2.05) is 0 Å². The molecular formula is C23H21ClN2O5S. The Balaban J connectivity index is 1.87. The first-order valence-corrected chi connectivity index (χ1v) is 11.3. The van der Waals surface area contributed by atoms with E-state index in [0.29, 0.717) is 22.7 Å². The number of methoxy groups -OCH3 is 1. The third-order valence-corrected chi connectivity index (χ3v) is 6.94. The van der Waals surface area contributed by atoms with Crippen molar-refractivity contribution in [3.63, 3.8) is 0 Å². The van der Waals surface area contributed by atoms with Crippen LogP contribution in [0.25, 0.3) is 0 Å². The lowest BCUT2D eigenvalue weighted by Crippen LogP contribution is -2.27. The number of benzene rings is 3. The number of sulfonamides is 1. The topological polar surface area (TPSA) is 92.8 Å². The minimum atomic E-state index is -3.96. The highest BCUT2D eigenvalue weighted by Gasteiger charge is 2.24. The molecule has 0 fully saturated rings. The Morgan fingerprint density at radius 2 is 1.59 bits per heavy atom. The van der Waals surface area contributed by atoms with Gasteiger partial charge in [-0.25, -0.2) is 8.42 Å². The minimum Gasteiger partial charge on any atom is -0.497 e. The van der Waals surface area contributed by atoms with E-state index in [9.17, 15) is 18.0 Å². The van der Waals surface area contributed by atoms with Crippen molar-refractivity contribution in [2.24, 2.45) is 0 Å². The molecule has 0 bridgehead atoms. The van der Waals surface area contributed by atoms with Crippen molar-refractivity contribution in [2.45, 2.75) is 11.8 Å². The Hall–Kier alpha value is -3.36. The summed E-state index contributed by atoms with van der Waals surface area (Å²) < 4.78 is 32.4. The van der Waals surface area contributed by atoms with Gasteiger partial charge in [-0.05, 0) is 73.7 Å². The predicted molar refractivity (Wildman–Crippen MR) is 124 cm³/mol. The Kier molecular flexibility index (Phi) is 6.86. The Morgan fingerprint density at radius 1 is 0.969 bits per heavy atom. The largest absolute Gasteiger partial charge is 0.497 e. The molecule has 0 atom stereocenters. The van der Waals surface area contributed by atoms with Crippen molar-refractivity contribution in [2.75, 3.05) is 23.8 Å². The molecule has 9 heteroatoms. The summed E-state index contributed by atoms with van der Waals surface area (Å²) in [5, 5.41) is 2.77. The zero-order valence-corrected chi connectivity index (χ0v) is 19.2. The smallest absolute Gasteiger partial charge is 0.264 e. The second-order valence-electron chi connectivity index (χ2n) is 6.90. The fourth-order valence-corrected chi connectivity index (χ4v) is 4.34. The second-order valence-corrected chi connectivity index (χ2v) is 9.28. The molecule has 1 amide bonds. The number of anilines is 2. The van der Waals surface area contributed by atoms with Gasteiger partial charge in [-0.3, -0.25) is 13.9 Å². The van der Waals surface area contributed by atoms with Gasteiger partial charge in [0.1, 0.15) is 5.75 Å². The molecule has 3 aromatic rings. The van der Waals surface area contributed by atoms with E-state index < -0.39 is 15.9 Å². The molecule has 0 aromatic heterocycles. The van der Waals surface area contributed by atoms with E-state index in [2.05, 4.69) is 5.32 Å². The number of Topliss-reactive ketones (excluding diaryl/α,β-unsaturated/α-hetero) is 1. The van der Waals surface area contributed by atoms with Crippen LogP contribution in [0.4, 0.5) is 11.4 Å². The quantitative estimate of drug-likeness (QED) is 0.506. The molecule has 0 saturated heterocycles. The number of amides is 1. The molecule has 0 aliphatic rings. The van der Waals surface area contributed by atoms with E-state index in [0.717, 1.165) is 4.31 Å². The monoisotopic (exact) mass is 472 g/mol. The van der Waals surface area contributed by atoms with Crippen molar-refractivity contribution in [1.82, 2.24) is 0 Å². The SMILES string of the molecule is COc1ccc(N(C)S(=O)(=O)c2ccc(Cl)c(C(=O)Nc3ccc(C(C)=O)cc3)c2)cc1. The normalized spacial score (nSPS) is 11.0. The van der Waals surface area contributed by atoms with Crippen LogP contribution in [0.5, 0.6) is 5.75 Å². The van der Waals surface area contributed by atoms with Crippen LogP contribution in [-0.4, -0.2) is 34.3 Å². The average molecular weight is 473 g/mol. The zero-order valence-electron chi connectivity index (χ0n) is 17.6. The third kappa shape index (κ3) is 4.92. The molecule has 0 heterocycles. The third-order valence-electron chi connectivity index (χ3n) is 4.83. The number of ether oxygens (including phenoxy) is 1. The van der Waals surface area contributed by atoms with Crippen LogP contribution in [0.1, 0.15) is 27.6 Å². The van der Waals surface area contributed by atoms with Crippen LogP contribution < -0.4 is 14.4 Å². The lowest BCUT2D eigenvalue weighted by atomic mass is 10.1. The van der Waals surface area contributed by atoms with Crippen LogP contribution in [0.15, 0.2) is 71.6 Å². The molecule has 0 unspecified atom stereocenters. The van der Waals surface area contributed by atoms with Gasteiger partial charge in [0.05, 0.1) is 28.3 Å². The van der Waals surface area contributed by atoms with Crippen LogP contribution in [0, 0.1) is 0 Å². The van der Waals surface area contributed by atoms with Crippen LogP contribution in [0.3, 0.4) is 0 Å². The van der Waals surface area contributed by atoms with Gasteiger partial charge in [0.2, 0.25) is 0 Å². The highest BCUT2D eigenvalue weighted by molar-refractivity contribution is 7.92. The van der Waals surface area contributed by atoms with Crippen molar-refractivity contribution in [1.29, 1.82) is 0 Å². The van der Waals surface area contributed by atoms with Gasteiger partial charge in [-0.15, -0.1) is 0 Å². The molecule has 3 rings (SSSR count). The van der Waals surface area contributed by atoms with E-state index >= 15 is 0 Å². The van der Waals surface area contributed by atoms with Crippen molar-refractivity contribution in [3.8, 4) is 5.75 Å². The highest BCUT2D eigenvalue weighted by atomic mass is 35.5. The number of halogens is 1. The number of carbonyl (C=O) groups is 2. The molecule has 0 saturated carbocycles. The average Bonchev–Trinajstić information content (AvgIpc) is 2.79. The summed E-state index contributed by atoms with van der Waals surface area (Å²) >= 11 is 6.18. The van der Waals surface area contributed by atoms with Crippen LogP contribution in [-0.2, 0) is 10.0 Å². The van der Waals surface area contributed by atoms with E-state index in [1.54, 1.807) is 48.5 Å². The van der Waals surface area contributed by atoms with E-state index in [4.69, 9.17) is 16.3 Å². The fourth-order valence-electron chi connectivity index (χ4n) is 2.91. The van der Waals surface area contributed by atoms with Crippen LogP contribution >= 0.6 is 11.6 Å². The highest BCUT2D eigenvalue weighted by Crippen LogP contribution is 2.27. The number of nitrogens with zero attached hydrogens (tertiary/aromatic N) is 1. The molecule has 0 aliphatic carbocycles. The number of hydrogen-bond acceptors (Lipinski definition) is 5. The number of carbonyl (C=O) groups excluding carboxylic acids is 2. The predicted octanol–water partition coefficient (Wildman–Crippen LogP) is 4.63. The number of hydrogen-bond donors (Lipinski definition) is 1. The molecule has 3 aromatic carbocycles. The zero-order chi connectivity index (χ0) is 23.5. The number of rotatable bonds is 7. The molecule has 0 spiro atoms. The minimum absolute atomic E-state index is 0.00603. The molecule has 7 nitrogen and oxygen atoms in total.